The molecule has 0 aliphatic carbocycles. The standard InChI is InChI=1S/C22H20ClNO4S/c23-20-11-9-18(15-21(20)29(26,27)24-12-4-1-5-13-24)22(25)28-19-10-8-16-6-2-3-7-17(16)14-19/h2-3,6-11,14-15H,1,4-5,12-13H2. The lowest BCUT2D eigenvalue weighted by Gasteiger charge is -2.26. The summed E-state index contributed by atoms with van der Waals surface area (Å²) in [6.45, 7) is 0.925. The van der Waals surface area contributed by atoms with Crippen molar-refractivity contribution in [2.75, 3.05) is 13.1 Å². The first kappa shape index (κ1) is 19.9. The number of hydrogen-bond acceptors (Lipinski definition) is 4. The summed E-state index contributed by atoms with van der Waals surface area (Å²) in [4.78, 5) is 12.6. The van der Waals surface area contributed by atoms with E-state index in [2.05, 4.69) is 0 Å². The third-order valence-electron chi connectivity index (χ3n) is 5.03. The van der Waals surface area contributed by atoms with Crippen molar-refractivity contribution in [3.05, 3.63) is 71.2 Å². The number of piperidine rings is 1. The summed E-state index contributed by atoms with van der Waals surface area (Å²) in [6, 6.07) is 17.3. The Bertz CT molecular complexity index is 1170. The van der Waals surface area contributed by atoms with Crippen molar-refractivity contribution in [2.24, 2.45) is 0 Å². The monoisotopic (exact) mass is 429 g/mol. The van der Waals surface area contributed by atoms with Crippen LogP contribution in [0.1, 0.15) is 29.6 Å². The smallest absolute Gasteiger partial charge is 0.343 e. The van der Waals surface area contributed by atoms with Crippen LogP contribution in [0.4, 0.5) is 0 Å². The molecule has 0 aromatic heterocycles. The van der Waals surface area contributed by atoms with Gasteiger partial charge in [0, 0.05) is 13.1 Å². The van der Waals surface area contributed by atoms with Crippen LogP contribution in [0.3, 0.4) is 0 Å². The predicted molar refractivity (Wildman–Crippen MR) is 113 cm³/mol. The molecule has 0 atom stereocenters. The first-order valence-electron chi connectivity index (χ1n) is 9.46. The van der Waals surface area contributed by atoms with Crippen LogP contribution in [0.25, 0.3) is 10.8 Å². The van der Waals surface area contributed by atoms with Crippen molar-refractivity contribution in [3.63, 3.8) is 0 Å². The molecular formula is C22H20ClNO4S. The zero-order valence-electron chi connectivity index (χ0n) is 15.7. The lowest BCUT2D eigenvalue weighted by atomic mass is 10.1. The zero-order chi connectivity index (χ0) is 20.4. The lowest BCUT2D eigenvalue weighted by molar-refractivity contribution is 0.0734. The zero-order valence-corrected chi connectivity index (χ0v) is 17.2. The number of hydrogen-bond donors (Lipinski definition) is 0. The lowest BCUT2D eigenvalue weighted by Crippen LogP contribution is -2.35. The van der Waals surface area contributed by atoms with E-state index in [4.69, 9.17) is 16.3 Å². The third kappa shape index (κ3) is 4.15. The molecule has 1 heterocycles. The summed E-state index contributed by atoms with van der Waals surface area (Å²) in [6.07, 6.45) is 2.65. The molecule has 0 amide bonds. The maximum Gasteiger partial charge on any atom is 0.343 e. The van der Waals surface area contributed by atoms with E-state index in [0.717, 1.165) is 30.0 Å². The van der Waals surface area contributed by atoms with Gasteiger partial charge in [-0.05, 0) is 53.9 Å². The fraction of sp³-hybridized carbons (Fsp3) is 0.227. The SMILES string of the molecule is O=C(Oc1ccc2ccccc2c1)c1ccc(Cl)c(S(=O)(=O)N2CCCCC2)c1. The summed E-state index contributed by atoms with van der Waals surface area (Å²) in [7, 11) is -3.76. The Morgan fingerprint density at radius 2 is 1.62 bits per heavy atom. The first-order valence-corrected chi connectivity index (χ1v) is 11.3. The quantitative estimate of drug-likeness (QED) is 0.437. The van der Waals surface area contributed by atoms with E-state index >= 15 is 0 Å². The number of nitrogens with zero attached hydrogens (tertiary/aromatic N) is 1. The number of halogens is 1. The van der Waals surface area contributed by atoms with Gasteiger partial charge in [-0.3, -0.25) is 0 Å². The summed E-state index contributed by atoms with van der Waals surface area (Å²) >= 11 is 6.17. The molecule has 0 N–H and O–H groups in total. The van der Waals surface area contributed by atoms with Gasteiger partial charge < -0.3 is 4.74 Å². The molecule has 0 bridgehead atoms. The highest BCUT2D eigenvalue weighted by atomic mass is 35.5. The topological polar surface area (TPSA) is 63.7 Å². The highest BCUT2D eigenvalue weighted by Crippen LogP contribution is 2.28. The predicted octanol–water partition coefficient (Wildman–Crippen LogP) is 4.89. The van der Waals surface area contributed by atoms with E-state index in [9.17, 15) is 13.2 Å². The van der Waals surface area contributed by atoms with Crippen LogP contribution < -0.4 is 4.74 Å². The molecule has 5 nitrogen and oxygen atoms in total. The summed E-state index contributed by atoms with van der Waals surface area (Å²) in [5, 5.41) is 2.08. The number of carbonyl (C=O) groups excluding carboxylic acids is 1. The van der Waals surface area contributed by atoms with Crippen LogP contribution in [-0.2, 0) is 10.0 Å². The number of ether oxygens (including phenoxy) is 1. The molecule has 3 aromatic carbocycles. The number of rotatable bonds is 4. The van der Waals surface area contributed by atoms with Crippen molar-refractivity contribution in [2.45, 2.75) is 24.2 Å². The Balaban J connectivity index is 1.61. The number of fused-ring (bicyclic) bond motifs is 1. The number of benzene rings is 3. The van der Waals surface area contributed by atoms with E-state index in [0.29, 0.717) is 18.8 Å². The van der Waals surface area contributed by atoms with Crippen LogP contribution in [0, 0.1) is 0 Å². The van der Waals surface area contributed by atoms with Gasteiger partial charge in [-0.25, -0.2) is 13.2 Å². The molecular weight excluding hydrogens is 410 g/mol. The van der Waals surface area contributed by atoms with Crippen LogP contribution in [0.2, 0.25) is 5.02 Å². The average molecular weight is 430 g/mol. The maximum atomic E-state index is 13.0. The van der Waals surface area contributed by atoms with E-state index < -0.39 is 16.0 Å². The molecule has 1 aliphatic heterocycles. The van der Waals surface area contributed by atoms with Crippen LogP contribution in [-0.4, -0.2) is 31.8 Å². The van der Waals surface area contributed by atoms with Gasteiger partial charge in [0.15, 0.2) is 0 Å². The van der Waals surface area contributed by atoms with Gasteiger partial charge in [0.25, 0.3) is 0 Å². The van der Waals surface area contributed by atoms with Crippen LogP contribution in [0.5, 0.6) is 5.75 Å². The summed E-state index contributed by atoms with van der Waals surface area (Å²) in [5.74, 6) is -0.240. The Morgan fingerprint density at radius 1 is 0.897 bits per heavy atom. The molecule has 29 heavy (non-hydrogen) atoms. The molecule has 1 aliphatic rings. The van der Waals surface area contributed by atoms with Gasteiger partial charge in [-0.1, -0.05) is 48.4 Å². The molecule has 0 spiro atoms. The molecule has 0 unspecified atom stereocenters. The molecule has 7 heteroatoms. The normalized spacial score (nSPS) is 15.3. The molecule has 0 saturated carbocycles. The largest absolute Gasteiger partial charge is 0.423 e. The van der Waals surface area contributed by atoms with Crippen molar-refractivity contribution < 1.29 is 17.9 Å². The first-order chi connectivity index (χ1) is 13.9. The minimum atomic E-state index is -3.76. The molecule has 4 rings (SSSR count). The number of sulfonamides is 1. The van der Waals surface area contributed by atoms with E-state index in [-0.39, 0.29) is 15.5 Å². The van der Waals surface area contributed by atoms with E-state index in [1.165, 1.54) is 22.5 Å². The molecule has 0 radical (unpaired) electrons. The van der Waals surface area contributed by atoms with Crippen molar-refractivity contribution in [1.29, 1.82) is 0 Å². The minimum Gasteiger partial charge on any atom is -0.423 e. The molecule has 150 valence electrons. The number of esters is 1. The number of carbonyl (C=O) groups is 1. The Morgan fingerprint density at radius 3 is 2.38 bits per heavy atom. The molecule has 1 fully saturated rings. The van der Waals surface area contributed by atoms with Crippen molar-refractivity contribution in [1.82, 2.24) is 4.31 Å². The summed E-state index contributed by atoms with van der Waals surface area (Å²) < 4.78 is 32.9. The molecule has 1 saturated heterocycles. The van der Waals surface area contributed by atoms with Gasteiger partial charge >= 0.3 is 5.97 Å². The van der Waals surface area contributed by atoms with Gasteiger partial charge in [-0.15, -0.1) is 0 Å². The van der Waals surface area contributed by atoms with Gasteiger partial charge in [-0.2, -0.15) is 4.31 Å². The third-order valence-corrected chi connectivity index (χ3v) is 7.41. The molecule has 3 aromatic rings. The fourth-order valence-electron chi connectivity index (χ4n) is 3.47. The van der Waals surface area contributed by atoms with Gasteiger partial charge in [0.2, 0.25) is 10.0 Å². The summed E-state index contributed by atoms with van der Waals surface area (Å²) in [5.41, 5.74) is 0.137. The van der Waals surface area contributed by atoms with E-state index in [1.54, 1.807) is 12.1 Å². The Labute approximate surface area is 174 Å². The second kappa shape index (κ2) is 8.14. The van der Waals surface area contributed by atoms with Crippen LogP contribution >= 0.6 is 11.6 Å². The Kier molecular flexibility index (Phi) is 5.58. The maximum absolute atomic E-state index is 13.0. The highest BCUT2D eigenvalue weighted by molar-refractivity contribution is 7.89. The average Bonchev–Trinajstić information content (AvgIpc) is 2.74. The fourth-order valence-corrected chi connectivity index (χ4v) is 5.49. The second-order valence-corrected chi connectivity index (χ2v) is 9.32. The highest BCUT2D eigenvalue weighted by Gasteiger charge is 2.29. The van der Waals surface area contributed by atoms with Crippen LogP contribution in [0.15, 0.2) is 65.6 Å². The van der Waals surface area contributed by atoms with Crippen molar-refractivity contribution >= 4 is 38.4 Å². The minimum absolute atomic E-state index is 0.0611. The second-order valence-electron chi connectivity index (χ2n) is 7.01. The Hall–Kier alpha value is -2.41. The van der Waals surface area contributed by atoms with Crippen molar-refractivity contribution in [3.8, 4) is 5.75 Å². The van der Waals surface area contributed by atoms with Gasteiger partial charge in [0.1, 0.15) is 10.6 Å². The van der Waals surface area contributed by atoms with E-state index in [1.807, 2.05) is 30.3 Å². The van der Waals surface area contributed by atoms with Gasteiger partial charge in [0.05, 0.1) is 10.6 Å².